The lowest BCUT2D eigenvalue weighted by Crippen LogP contribution is -2.43. The predicted octanol–water partition coefficient (Wildman–Crippen LogP) is 5.95. The molecule has 1 saturated heterocycles. The van der Waals surface area contributed by atoms with Gasteiger partial charge in [0.2, 0.25) is 0 Å². The molecule has 4 rings (SSSR count). The van der Waals surface area contributed by atoms with Gasteiger partial charge in [-0.2, -0.15) is 11.3 Å². The third kappa shape index (κ3) is 4.05. The Morgan fingerprint density at radius 1 is 0.933 bits per heavy atom. The van der Waals surface area contributed by atoms with Crippen LogP contribution in [-0.4, -0.2) is 40.4 Å². The van der Waals surface area contributed by atoms with E-state index in [1.165, 1.54) is 5.69 Å². The maximum atomic E-state index is 6.74. The second kappa shape index (κ2) is 9.35. The Morgan fingerprint density at radius 2 is 1.57 bits per heavy atom. The molecule has 1 fully saturated rings. The minimum absolute atomic E-state index is 0.431. The lowest BCUT2D eigenvalue weighted by atomic mass is 10.1. The molecular weight excluding hydrogens is 441 g/mol. The summed E-state index contributed by atoms with van der Waals surface area (Å²) in [7, 11) is 3.16. The third-order valence-electron chi connectivity index (χ3n) is 5.13. The van der Waals surface area contributed by atoms with E-state index in [2.05, 4.69) is 39.9 Å². The molecule has 1 aromatic heterocycles. The van der Waals surface area contributed by atoms with Gasteiger partial charge in [0, 0.05) is 49.0 Å². The van der Waals surface area contributed by atoms with Crippen molar-refractivity contribution in [2.75, 3.05) is 50.2 Å². The summed E-state index contributed by atoms with van der Waals surface area (Å²) in [5, 5.41) is 8.33. The van der Waals surface area contributed by atoms with Crippen LogP contribution in [0.3, 0.4) is 0 Å². The SMILES string of the molecule is COc1cc(OC)c(Cl)c(N(c2ccc(N3CCNCC3)cc2)c2ccsc2)c1Cl. The van der Waals surface area contributed by atoms with Crippen LogP contribution >= 0.6 is 34.5 Å². The summed E-state index contributed by atoms with van der Waals surface area (Å²) >= 11 is 15.1. The molecule has 0 radical (unpaired) electrons. The van der Waals surface area contributed by atoms with Crippen LogP contribution in [0.1, 0.15) is 0 Å². The van der Waals surface area contributed by atoms with Crippen molar-refractivity contribution < 1.29 is 9.47 Å². The second-order valence-electron chi connectivity index (χ2n) is 6.83. The predicted molar refractivity (Wildman–Crippen MR) is 127 cm³/mol. The van der Waals surface area contributed by atoms with Gasteiger partial charge in [0.25, 0.3) is 0 Å². The van der Waals surface area contributed by atoms with Gasteiger partial charge in [0.05, 0.1) is 25.6 Å². The van der Waals surface area contributed by atoms with Crippen LogP contribution in [0.15, 0.2) is 47.2 Å². The molecule has 5 nitrogen and oxygen atoms in total. The molecule has 0 amide bonds. The molecule has 1 aliphatic rings. The van der Waals surface area contributed by atoms with E-state index in [4.69, 9.17) is 32.7 Å². The van der Waals surface area contributed by atoms with Crippen LogP contribution in [0.25, 0.3) is 0 Å². The first-order valence-electron chi connectivity index (χ1n) is 9.62. The topological polar surface area (TPSA) is 37.0 Å². The first-order valence-corrected chi connectivity index (χ1v) is 11.3. The van der Waals surface area contributed by atoms with E-state index < -0.39 is 0 Å². The fourth-order valence-corrected chi connectivity index (χ4v) is 4.89. The van der Waals surface area contributed by atoms with E-state index in [1.54, 1.807) is 31.6 Å². The summed E-state index contributed by atoms with van der Waals surface area (Å²) in [6, 6.07) is 12.2. The van der Waals surface area contributed by atoms with Gasteiger partial charge in [0.1, 0.15) is 21.5 Å². The number of nitrogens with one attached hydrogen (secondary N) is 1. The molecule has 0 spiro atoms. The Morgan fingerprint density at radius 3 is 2.10 bits per heavy atom. The van der Waals surface area contributed by atoms with Gasteiger partial charge in [-0.3, -0.25) is 0 Å². The summed E-state index contributed by atoms with van der Waals surface area (Å²) in [5.74, 6) is 1.01. The summed E-state index contributed by atoms with van der Waals surface area (Å²) in [4.78, 5) is 4.41. The molecule has 0 unspecified atom stereocenters. The Kier molecular flexibility index (Phi) is 6.58. The smallest absolute Gasteiger partial charge is 0.143 e. The van der Waals surface area contributed by atoms with E-state index in [9.17, 15) is 0 Å². The van der Waals surface area contributed by atoms with Crippen molar-refractivity contribution in [2.24, 2.45) is 0 Å². The third-order valence-corrected chi connectivity index (χ3v) is 6.53. The summed E-state index contributed by atoms with van der Waals surface area (Å²) < 4.78 is 11.0. The number of rotatable bonds is 6. The minimum atomic E-state index is 0.431. The Bertz CT molecular complexity index is 962. The van der Waals surface area contributed by atoms with Crippen LogP contribution in [0, 0.1) is 0 Å². The van der Waals surface area contributed by atoms with Crippen LogP contribution in [0.2, 0.25) is 10.0 Å². The number of nitrogens with zero attached hydrogens (tertiary/aromatic N) is 2. The van der Waals surface area contributed by atoms with Gasteiger partial charge in [-0.1, -0.05) is 23.2 Å². The Labute approximate surface area is 190 Å². The lowest BCUT2D eigenvalue weighted by Gasteiger charge is -2.31. The highest BCUT2D eigenvalue weighted by molar-refractivity contribution is 7.08. The molecule has 3 aromatic rings. The van der Waals surface area contributed by atoms with Crippen molar-refractivity contribution in [3.05, 3.63) is 57.2 Å². The zero-order valence-corrected chi connectivity index (χ0v) is 19.2. The van der Waals surface area contributed by atoms with E-state index in [-0.39, 0.29) is 0 Å². The summed E-state index contributed by atoms with van der Waals surface area (Å²) in [6.45, 7) is 3.99. The number of hydrogen-bond acceptors (Lipinski definition) is 6. The highest BCUT2D eigenvalue weighted by Crippen LogP contribution is 2.51. The number of piperazine rings is 1. The quantitative estimate of drug-likeness (QED) is 0.488. The van der Waals surface area contributed by atoms with Gasteiger partial charge < -0.3 is 24.6 Å². The lowest BCUT2D eigenvalue weighted by molar-refractivity contribution is 0.395. The van der Waals surface area contributed by atoms with Crippen molar-refractivity contribution in [1.29, 1.82) is 0 Å². The largest absolute Gasteiger partial charge is 0.495 e. The van der Waals surface area contributed by atoms with Gasteiger partial charge in [-0.15, -0.1) is 0 Å². The van der Waals surface area contributed by atoms with Gasteiger partial charge in [-0.25, -0.2) is 0 Å². The number of thiophene rings is 1. The van der Waals surface area contributed by atoms with Crippen LogP contribution in [-0.2, 0) is 0 Å². The normalized spacial score (nSPS) is 13.9. The molecule has 1 N–H and O–H groups in total. The Balaban J connectivity index is 1.81. The molecular formula is C22H23Cl2N3O2S. The van der Waals surface area contributed by atoms with E-state index in [0.29, 0.717) is 27.2 Å². The number of methoxy groups -OCH3 is 2. The highest BCUT2D eigenvalue weighted by Gasteiger charge is 2.25. The first-order chi connectivity index (χ1) is 14.6. The standard InChI is InChI=1S/C22H23Cl2N3O2S/c1-28-18-13-19(29-2)21(24)22(20(18)23)27(17-7-12-30-14-17)16-5-3-15(4-6-16)26-10-8-25-9-11-26/h3-7,12-14,25H,8-11H2,1-2H3. The molecule has 0 bridgehead atoms. The van der Waals surface area contributed by atoms with Gasteiger partial charge in [0.15, 0.2) is 0 Å². The van der Waals surface area contributed by atoms with Crippen molar-refractivity contribution >= 4 is 57.3 Å². The number of ether oxygens (including phenoxy) is 2. The van der Waals surface area contributed by atoms with Crippen LogP contribution in [0.5, 0.6) is 11.5 Å². The monoisotopic (exact) mass is 463 g/mol. The molecule has 2 heterocycles. The minimum Gasteiger partial charge on any atom is -0.495 e. The van der Waals surface area contributed by atoms with E-state index in [1.807, 2.05) is 16.3 Å². The average Bonchev–Trinajstić information content (AvgIpc) is 3.32. The molecule has 0 atom stereocenters. The van der Waals surface area contributed by atoms with Crippen LogP contribution < -0.4 is 24.6 Å². The molecule has 8 heteroatoms. The number of halogens is 2. The zero-order chi connectivity index (χ0) is 21.1. The average molecular weight is 464 g/mol. The van der Waals surface area contributed by atoms with Crippen LogP contribution in [0.4, 0.5) is 22.7 Å². The number of hydrogen-bond donors (Lipinski definition) is 1. The molecule has 0 aliphatic carbocycles. The molecule has 0 saturated carbocycles. The molecule has 30 heavy (non-hydrogen) atoms. The highest BCUT2D eigenvalue weighted by atomic mass is 35.5. The summed E-state index contributed by atoms with van der Waals surface area (Å²) in [6.07, 6.45) is 0. The molecule has 158 valence electrons. The van der Waals surface area contributed by atoms with Crippen molar-refractivity contribution in [3.63, 3.8) is 0 Å². The Hall–Kier alpha value is -2.12. The molecule has 1 aliphatic heterocycles. The number of benzene rings is 2. The van der Waals surface area contributed by atoms with Gasteiger partial charge >= 0.3 is 0 Å². The first kappa shape index (κ1) is 21.1. The van der Waals surface area contributed by atoms with E-state index >= 15 is 0 Å². The maximum absolute atomic E-state index is 6.74. The molecule has 2 aromatic carbocycles. The summed E-state index contributed by atoms with van der Waals surface area (Å²) in [5.41, 5.74) is 3.74. The fourth-order valence-electron chi connectivity index (χ4n) is 3.60. The van der Waals surface area contributed by atoms with Crippen molar-refractivity contribution in [3.8, 4) is 11.5 Å². The maximum Gasteiger partial charge on any atom is 0.143 e. The number of anilines is 4. The zero-order valence-electron chi connectivity index (χ0n) is 16.8. The van der Waals surface area contributed by atoms with Crippen molar-refractivity contribution in [1.82, 2.24) is 5.32 Å². The second-order valence-corrected chi connectivity index (χ2v) is 8.36. The van der Waals surface area contributed by atoms with Crippen molar-refractivity contribution in [2.45, 2.75) is 0 Å². The van der Waals surface area contributed by atoms with Gasteiger partial charge in [-0.05, 0) is 35.7 Å². The van der Waals surface area contributed by atoms with E-state index in [0.717, 1.165) is 37.6 Å². The fraction of sp³-hybridized carbons (Fsp3) is 0.273.